The summed E-state index contributed by atoms with van der Waals surface area (Å²) in [6.07, 6.45) is 3.67. The van der Waals surface area contributed by atoms with Crippen LogP contribution in [0, 0.1) is 5.92 Å². The van der Waals surface area contributed by atoms with Gasteiger partial charge < -0.3 is 15.0 Å². The molecule has 2 aliphatic rings. The number of rotatable bonds is 6. The Morgan fingerprint density at radius 3 is 2.45 bits per heavy atom. The number of benzene rings is 1. The number of hydrogen-bond donors (Lipinski definition) is 2. The van der Waals surface area contributed by atoms with Crippen molar-refractivity contribution in [3.05, 3.63) is 23.8 Å². The van der Waals surface area contributed by atoms with Crippen LogP contribution in [0.5, 0.6) is 5.75 Å². The van der Waals surface area contributed by atoms with Crippen molar-refractivity contribution in [1.82, 2.24) is 9.62 Å². The van der Waals surface area contributed by atoms with Crippen LogP contribution in [0.1, 0.15) is 70.7 Å². The van der Waals surface area contributed by atoms with Gasteiger partial charge in [-0.1, -0.05) is 0 Å². The zero-order valence-electron chi connectivity index (χ0n) is 19.4. The Bertz CT molecular complexity index is 885. The Morgan fingerprint density at radius 1 is 1.16 bits per heavy atom. The molecule has 1 heterocycles. The summed E-state index contributed by atoms with van der Waals surface area (Å²) in [6.45, 7) is 11.1. The maximum Gasteiger partial charge on any atom is 0.257 e. The summed E-state index contributed by atoms with van der Waals surface area (Å²) < 4.78 is 32.7. The van der Waals surface area contributed by atoms with E-state index in [0.717, 1.165) is 37.9 Å². The summed E-state index contributed by atoms with van der Waals surface area (Å²) in [7, 11) is -3.31. The van der Waals surface area contributed by atoms with E-state index in [0.29, 0.717) is 30.4 Å². The molecule has 0 radical (unpaired) electrons. The van der Waals surface area contributed by atoms with E-state index in [4.69, 9.17) is 4.74 Å². The zero-order valence-corrected chi connectivity index (χ0v) is 20.2. The van der Waals surface area contributed by atoms with Crippen molar-refractivity contribution in [2.75, 3.05) is 25.0 Å². The third-order valence-electron chi connectivity index (χ3n) is 6.26. The fourth-order valence-electron chi connectivity index (χ4n) is 4.07. The Hall–Kier alpha value is -1.80. The highest BCUT2D eigenvalue weighted by Crippen LogP contribution is 2.30. The monoisotopic (exact) mass is 451 g/mol. The average Bonchev–Trinajstić information content (AvgIpc) is 2.85. The molecule has 0 atom stereocenters. The highest BCUT2D eigenvalue weighted by molar-refractivity contribution is 7.90. The Morgan fingerprint density at radius 2 is 1.84 bits per heavy atom. The van der Waals surface area contributed by atoms with Gasteiger partial charge in [0.05, 0.1) is 16.9 Å². The van der Waals surface area contributed by atoms with Crippen LogP contribution in [0.4, 0.5) is 5.69 Å². The summed E-state index contributed by atoms with van der Waals surface area (Å²) in [5.41, 5.74) is 1.56. The normalized spacial score (nSPS) is 22.6. The van der Waals surface area contributed by atoms with Crippen LogP contribution < -0.4 is 14.8 Å². The molecule has 0 aromatic heterocycles. The van der Waals surface area contributed by atoms with E-state index >= 15 is 0 Å². The smallest absolute Gasteiger partial charge is 0.257 e. The van der Waals surface area contributed by atoms with Crippen molar-refractivity contribution in [1.29, 1.82) is 0 Å². The standard InChI is InChI=1S/C23H37N3O4S/c1-16(2)26-12-13-30-21-14-19(10-11-20(21)22(26)27)24-15-17-6-8-18(9-7-17)25-31(28,29)23(3,4)5/h10-11,14,16-18,24-25H,6-9,12-13,15H2,1-5H3/t17-,18-. The minimum absolute atomic E-state index is 0.0186. The summed E-state index contributed by atoms with van der Waals surface area (Å²) in [5, 5.41) is 3.48. The van der Waals surface area contributed by atoms with Gasteiger partial charge in [-0.3, -0.25) is 4.79 Å². The molecule has 1 aromatic carbocycles. The highest BCUT2D eigenvalue weighted by Gasteiger charge is 2.33. The second-order valence-electron chi connectivity index (χ2n) is 9.98. The molecule has 0 unspecified atom stereocenters. The van der Waals surface area contributed by atoms with Gasteiger partial charge in [0, 0.05) is 30.4 Å². The largest absolute Gasteiger partial charge is 0.491 e. The van der Waals surface area contributed by atoms with Gasteiger partial charge in [0.25, 0.3) is 5.91 Å². The molecule has 3 rings (SSSR count). The number of nitrogens with one attached hydrogen (secondary N) is 2. The van der Waals surface area contributed by atoms with Gasteiger partial charge in [0.1, 0.15) is 12.4 Å². The molecule has 1 fully saturated rings. The summed E-state index contributed by atoms with van der Waals surface area (Å²) >= 11 is 0. The van der Waals surface area contributed by atoms with Gasteiger partial charge >= 0.3 is 0 Å². The predicted molar refractivity (Wildman–Crippen MR) is 124 cm³/mol. The van der Waals surface area contributed by atoms with Crippen molar-refractivity contribution in [3.8, 4) is 5.75 Å². The number of carbonyl (C=O) groups excluding carboxylic acids is 1. The molecule has 174 valence electrons. The van der Waals surface area contributed by atoms with E-state index in [1.165, 1.54) is 0 Å². The van der Waals surface area contributed by atoms with Crippen molar-refractivity contribution >= 4 is 21.6 Å². The molecule has 0 saturated heterocycles. The summed E-state index contributed by atoms with van der Waals surface area (Å²) in [5.74, 6) is 1.15. The van der Waals surface area contributed by atoms with E-state index in [9.17, 15) is 13.2 Å². The van der Waals surface area contributed by atoms with Crippen LogP contribution in [-0.4, -0.2) is 55.8 Å². The first-order valence-corrected chi connectivity index (χ1v) is 12.8. The first kappa shape index (κ1) is 23.9. The van der Waals surface area contributed by atoms with Gasteiger partial charge in [-0.2, -0.15) is 0 Å². The van der Waals surface area contributed by atoms with E-state index in [-0.39, 0.29) is 18.0 Å². The Labute approximate surface area is 187 Å². The topological polar surface area (TPSA) is 87.7 Å². The van der Waals surface area contributed by atoms with Crippen LogP contribution >= 0.6 is 0 Å². The van der Waals surface area contributed by atoms with Gasteiger partial charge in [0.2, 0.25) is 10.0 Å². The number of carbonyl (C=O) groups is 1. The van der Waals surface area contributed by atoms with E-state index in [1.807, 2.05) is 36.9 Å². The van der Waals surface area contributed by atoms with Crippen LogP contribution in [-0.2, 0) is 10.0 Å². The molecule has 1 aliphatic heterocycles. The SMILES string of the molecule is CC(C)N1CCOc2cc(NC[C@H]3CC[C@H](NS(=O)(=O)C(C)(C)C)CC3)ccc2C1=O. The zero-order chi connectivity index (χ0) is 22.8. The predicted octanol–water partition coefficient (Wildman–Crippen LogP) is 3.62. The molecule has 8 heteroatoms. The maximum atomic E-state index is 12.8. The molecular formula is C23H37N3O4S. The van der Waals surface area contributed by atoms with Gasteiger partial charge in [-0.25, -0.2) is 13.1 Å². The summed E-state index contributed by atoms with van der Waals surface area (Å²) in [6, 6.07) is 5.87. The molecule has 1 saturated carbocycles. The second kappa shape index (κ2) is 9.36. The van der Waals surface area contributed by atoms with Crippen molar-refractivity contribution < 1.29 is 17.9 Å². The lowest BCUT2D eigenvalue weighted by Crippen LogP contribution is -2.46. The minimum Gasteiger partial charge on any atom is -0.491 e. The molecule has 1 aromatic rings. The van der Waals surface area contributed by atoms with Crippen LogP contribution in [0.25, 0.3) is 0 Å². The second-order valence-corrected chi connectivity index (χ2v) is 12.5. The molecule has 1 amide bonds. The molecule has 31 heavy (non-hydrogen) atoms. The molecule has 2 N–H and O–H groups in total. The first-order valence-electron chi connectivity index (χ1n) is 11.3. The average molecular weight is 452 g/mol. The van der Waals surface area contributed by atoms with Gasteiger partial charge in [0.15, 0.2) is 0 Å². The highest BCUT2D eigenvalue weighted by atomic mass is 32.2. The number of hydrogen-bond acceptors (Lipinski definition) is 5. The summed E-state index contributed by atoms with van der Waals surface area (Å²) in [4.78, 5) is 14.6. The minimum atomic E-state index is -3.31. The van der Waals surface area contributed by atoms with E-state index in [1.54, 1.807) is 20.8 Å². The fraction of sp³-hybridized carbons (Fsp3) is 0.696. The lowest BCUT2D eigenvalue weighted by atomic mass is 9.86. The molecule has 0 bridgehead atoms. The van der Waals surface area contributed by atoms with Gasteiger partial charge in [-0.15, -0.1) is 0 Å². The lowest BCUT2D eigenvalue weighted by molar-refractivity contribution is 0.0704. The Kier molecular flexibility index (Phi) is 7.21. The number of amides is 1. The van der Waals surface area contributed by atoms with Crippen molar-refractivity contribution in [3.63, 3.8) is 0 Å². The number of anilines is 1. The van der Waals surface area contributed by atoms with Crippen molar-refractivity contribution in [2.24, 2.45) is 5.92 Å². The lowest BCUT2D eigenvalue weighted by Gasteiger charge is -2.31. The van der Waals surface area contributed by atoms with Crippen LogP contribution in [0.15, 0.2) is 18.2 Å². The number of nitrogens with zero attached hydrogens (tertiary/aromatic N) is 1. The quantitative estimate of drug-likeness (QED) is 0.690. The van der Waals surface area contributed by atoms with E-state index < -0.39 is 14.8 Å². The third kappa shape index (κ3) is 5.71. The van der Waals surface area contributed by atoms with Crippen molar-refractivity contribution in [2.45, 2.75) is 77.1 Å². The molecular weight excluding hydrogens is 414 g/mol. The molecule has 1 aliphatic carbocycles. The molecule has 7 nitrogen and oxygen atoms in total. The molecule has 0 spiro atoms. The number of fused-ring (bicyclic) bond motifs is 1. The van der Waals surface area contributed by atoms with E-state index in [2.05, 4.69) is 10.0 Å². The van der Waals surface area contributed by atoms with Gasteiger partial charge in [-0.05, 0) is 78.4 Å². The fourth-order valence-corrected chi connectivity index (χ4v) is 5.10. The van der Waals surface area contributed by atoms with Crippen LogP contribution in [0.3, 0.4) is 0 Å². The number of sulfonamides is 1. The first-order chi connectivity index (χ1) is 14.5. The third-order valence-corrected chi connectivity index (χ3v) is 8.51. The Balaban J connectivity index is 1.53. The van der Waals surface area contributed by atoms with Crippen LogP contribution in [0.2, 0.25) is 0 Å². The maximum absolute atomic E-state index is 12.8. The number of ether oxygens (including phenoxy) is 1.